The highest BCUT2D eigenvalue weighted by Gasteiger charge is 2.05. The van der Waals surface area contributed by atoms with E-state index in [1.54, 1.807) is 12.1 Å². The number of aryl methyl sites for hydroxylation is 1. The number of nitrogens with one attached hydrogen (secondary N) is 1. The number of nitrogens with two attached hydrogens (primary N) is 2. The van der Waals surface area contributed by atoms with Crippen LogP contribution in [0.5, 0.6) is 0 Å². The fourth-order valence-electron chi connectivity index (χ4n) is 1.14. The summed E-state index contributed by atoms with van der Waals surface area (Å²) in [5.41, 5.74) is 11.7. The van der Waals surface area contributed by atoms with E-state index >= 15 is 0 Å². The minimum Gasteiger partial charge on any atom is -0.370 e. The first-order valence-electron chi connectivity index (χ1n) is 4.72. The van der Waals surface area contributed by atoms with Gasteiger partial charge >= 0.3 is 6.03 Å². The highest BCUT2D eigenvalue weighted by molar-refractivity contribution is 6.33. The zero-order valence-corrected chi connectivity index (χ0v) is 9.58. The van der Waals surface area contributed by atoms with E-state index in [9.17, 15) is 4.79 Å². The molecule has 0 aliphatic heterocycles. The van der Waals surface area contributed by atoms with E-state index in [0.29, 0.717) is 10.7 Å². The molecule has 0 heterocycles. The van der Waals surface area contributed by atoms with Crippen molar-refractivity contribution in [3.05, 3.63) is 28.8 Å². The van der Waals surface area contributed by atoms with Crippen LogP contribution in [0.1, 0.15) is 12.5 Å². The molecule has 2 amide bonds. The van der Waals surface area contributed by atoms with Crippen molar-refractivity contribution in [2.24, 2.45) is 16.5 Å². The Kier molecular flexibility index (Phi) is 4.13. The Bertz CT molecular complexity index is 427. The van der Waals surface area contributed by atoms with Crippen molar-refractivity contribution in [2.45, 2.75) is 13.3 Å². The summed E-state index contributed by atoms with van der Waals surface area (Å²) in [5.74, 6) is -0.293. The van der Waals surface area contributed by atoms with Crippen LogP contribution in [0.25, 0.3) is 0 Å². The Balaban J connectivity index is 2.82. The van der Waals surface area contributed by atoms with Gasteiger partial charge in [0.2, 0.25) is 0 Å². The van der Waals surface area contributed by atoms with Crippen molar-refractivity contribution in [3.63, 3.8) is 0 Å². The van der Waals surface area contributed by atoms with Gasteiger partial charge in [-0.25, -0.2) is 4.79 Å². The molecule has 0 radical (unpaired) electrons. The number of carbonyl (C=O) groups excluding carboxylic acids is 1. The maximum atomic E-state index is 11.2. The number of carbonyl (C=O) groups is 1. The minimum absolute atomic E-state index is 0.293. The monoisotopic (exact) mass is 240 g/mol. The van der Waals surface area contributed by atoms with Gasteiger partial charge in [-0.15, -0.1) is 0 Å². The average Bonchev–Trinajstić information content (AvgIpc) is 2.19. The summed E-state index contributed by atoms with van der Waals surface area (Å²) >= 11 is 5.96. The summed E-state index contributed by atoms with van der Waals surface area (Å²) in [4.78, 5) is 14.5. The van der Waals surface area contributed by atoms with Crippen LogP contribution < -0.4 is 16.8 Å². The van der Waals surface area contributed by atoms with Crippen molar-refractivity contribution < 1.29 is 4.79 Å². The van der Waals surface area contributed by atoms with Crippen molar-refractivity contribution in [3.8, 4) is 0 Å². The molecule has 1 rings (SSSR count). The minimum atomic E-state index is -0.647. The molecule has 0 bridgehead atoms. The van der Waals surface area contributed by atoms with Crippen LogP contribution in [0.3, 0.4) is 0 Å². The summed E-state index contributed by atoms with van der Waals surface area (Å²) in [6.45, 7) is 2.02. The van der Waals surface area contributed by atoms with E-state index in [2.05, 4.69) is 10.3 Å². The number of aliphatic imine (C=N–C) groups is 1. The number of amides is 2. The molecule has 0 fully saturated rings. The third kappa shape index (κ3) is 3.43. The number of halogens is 1. The lowest BCUT2D eigenvalue weighted by Gasteiger charge is -2.06. The molecule has 0 aliphatic rings. The Labute approximate surface area is 98.5 Å². The lowest BCUT2D eigenvalue weighted by atomic mass is 10.1. The van der Waals surface area contributed by atoms with Crippen LogP contribution >= 0.6 is 11.6 Å². The van der Waals surface area contributed by atoms with E-state index in [-0.39, 0.29) is 5.96 Å². The number of nitrogens with zero attached hydrogens (tertiary/aromatic N) is 1. The first-order chi connectivity index (χ1) is 7.52. The predicted molar refractivity (Wildman–Crippen MR) is 65.7 cm³/mol. The van der Waals surface area contributed by atoms with Gasteiger partial charge in [-0.2, -0.15) is 4.99 Å². The van der Waals surface area contributed by atoms with Crippen molar-refractivity contribution in [1.82, 2.24) is 0 Å². The van der Waals surface area contributed by atoms with Crippen molar-refractivity contribution >= 4 is 29.3 Å². The van der Waals surface area contributed by atoms with E-state index in [1.807, 2.05) is 13.0 Å². The first-order valence-corrected chi connectivity index (χ1v) is 5.09. The van der Waals surface area contributed by atoms with Gasteiger partial charge in [0.1, 0.15) is 0 Å². The standard InChI is InChI=1S/C10H13ClN4O/c1-2-6-3-4-8(7(11)5-6)14-10(16)15-9(12)13/h3-5H,2H2,1H3,(H5,12,13,14,15,16). The number of hydrogen-bond donors (Lipinski definition) is 3. The fourth-order valence-corrected chi connectivity index (χ4v) is 1.39. The Morgan fingerprint density at radius 3 is 2.69 bits per heavy atom. The van der Waals surface area contributed by atoms with Crippen LogP contribution in [-0.2, 0) is 6.42 Å². The molecule has 0 unspecified atom stereocenters. The molecular weight excluding hydrogens is 228 g/mol. The van der Waals surface area contributed by atoms with Gasteiger partial charge in [0.25, 0.3) is 0 Å². The van der Waals surface area contributed by atoms with E-state index in [0.717, 1.165) is 12.0 Å². The summed E-state index contributed by atoms with van der Waals surface area (Å²) in [5, 5.41) is 2.93. The lowest BCUT2D eigenvalue weighted by Crippen LogP contribution is -2.25. The van der Waals surface area contributed by atoms with E-state index < -0.39 is 6.03 Å². The number of rotatable bonds is 2. The molecule has 1 aromatic rings. The smallest absolute Gasteiger partial charge is 0.348 e. The van der Waals surface area contributed by atoms with Gasteiger partial charge < -0.3 is 16.8 Å². The molecule has 86 valence electrons. The van der Waals surface area contributed by atoms with Gasteiger partial charge in [-0.1, -0.05) is 24.6 Å². The predicted octanol–water partition coefficient (Wildman–Crippen LogP) is 1.71. The molecule has 16 heavy (non-hydrogen) atoms. The maximum Gasteiger partial charge on any atom is 0.348 e. The quantitative estimate of drug-likeness (QED) is 0.543. The Morgan fingerprint density at radius 2 is 2.19 bits per heavy atom. The van der Waals surface area contributed by atoms with Crippen LogP contribution in [0.15, 0.2) is 23.2 Å². The highest BCUT2D eigenvalue weighted by atomic mass is 35.5. The summed E-state index contributed by atoms with van der Waals surface area (Å²) in [6, 6.07) is 4.72. The van der Waals surface area contributed by atoms with Crippen LogP contribution in [0, 0.1) is 0 Å². The number of hydrogen-bond acceptors (Lipinski definition) is 1. The molecule has 5 N–H and O–H groups in total. The maximum absolute atomic E-state index is 11.2. The molecule has 0 saturated heterocycles. The van der Waals surface area contributed by atoms with Crippen LogP contribution in [0.4, 0.5) is 10.5 Å². The van der Waals surface area contributed by atoms with Gasteiger partial charge in [0, 0.05) is 0 Å². The molecule has 5 nitrogen and oxygen atoms in total. The fraction of sp³-hybridized carbons (Fsp3) is 0.200. The molecule has 0 saturated carbocycles. The normalized spacial score (nSPS) is 9.62. The molecule has 1 aromatic carbocycles. The molecule has 0 aromatic heterocycles. The number of anilines is 1. The summed E-state index contributed by atoms with van der Waals surface area (Å²) < 4.78 is 0. The number of urea groups is 1. The molecule has 0 aliphatic carbocycles. The topological polar surface area (TPSA) is 93.5 Å². The second-order valence-electron chi connectivity index (χ2n) is 3.13. The lowest BCUT2D eigenvalue weighted by molar-refractivity contribution is 0.259. The van der Waals surface area contributed by atoms with Gasteiger partial charge in [-0.3, -0.25) is 0 Å². The van der Waals surface area contributed by atoms with Gasteiger partial charge in [0.15, 0.2) is 5.96 Å². The van der Waals surface area contributed by atoms with Gasteiger partial charge in [-0.05, 0) is 24.1 Å². The zero-order valence-electron chi connectivity index (χ0n) is 8.83. The number of guanidine groups is 1. The van der Waals surface area contributed by atoms with Crippen molar-refractivity contribution in [1.29, 1.82) is 0 Å². The average molecular weight is 241 g/mol. The molecule has 0 spiro atoms. The second-order valence-corrected chi connectivity index (χ2v) is 3.54. The highest BCUT2D eigenvalue weighted by Crippen LogP contribution is 2.23. The van der Waals surface area contributed by atoms with Crippen LogP contribution in [0.2, 0.25) is 5.02 Å². The summed E-state index contributed by atoms with van der Waals surface area (Å²) in [7, 11) is 0. The van der Waals surface area contributed by atoms with E-state index in [4.69, 9.17) is 23.1 Å². The zero-order chi connectivity index (χ0) is 12.1. The molecule has 6 heteroatoms. The molecular formula is C10H13ClN4O. The second kappa shape index (κ2) is 5.37. The summed E-state index contributed by atoms with van der Waals surface area (Å²) in [6.07, 6.45) is 0.877. The SMILES string of the molecule is CCc1ccc(NC(=O)N=C(N)N)c(Cl)c1. The molecule has 0 atom stereocenters. The third-order valence-corrected chi connectivity index (χ3v) is 2.23. The van der Waals surface area contributed by atoms with Crippen molar-refractivity contribution in [2.75, 3.05) is 5.32 Å². The van der Waals surface area contributed by atoms with Gasteiger partial charge in [0.05, 0.1) is 10.7 Å². The van der Waals surface area contributed by atoms with Crippen LogP contribution in [-0.4, -0.2) is 12.0 Å². The third-order valence-electron chi connectivity index (χ3n) is 1.91. The Hall–Kier alpha value is -1.75. The van der Waals surface area contributed by atoms with E-state index in [1.165, 1.54) is 0 Å². The first kappa shape index (κ1) is 12.3. The Morgan fingerprint density at radius 1 is 1.50 bits per heavy atom. The largest absolute Gasteiger partial charge is 0.370 e. The number of benzene rings is 1.